The van der Waals surface area contributed by atoms with Crippen molar-refractivity contribution < 1.29 is 9.90 Å². The Bertz CT molecular complexity index is 143. The van der Waals surface area contributed by atoms with Crippen LogP contribution in [0.5, 0.6) is 0 Å². The van der Waals surface area contributed by atoms with Crippen molar-refractivity contribution in [3.8, 4) is 0 Å². The monoisotopic (exact) mass is 139 g/mol. The number of allylic oxidation sites excluding steroid dienone is 5. The van der Waals surface area contributed by atoms with Gasteiger partial charge in [-0.1, -0.05) is 31.7 Å². The van der Waals surface area contributed by atoms with Crippen LogP contribution in [0.4, 0.5) is 0 Å². The first-order valence-corrected chi connectivity index (χ1v) is 2.47. The Morgan fingerprint density at radius 1 is 0.900 bits per heavy atom. The molecule has 2 nitrogen and oxygen atoms in total. The normalized spacial score (nSPS) is 10.8. The van der Waals surface area contributed by atoms with Gasteiger partial charge in [0.2, 0.25) is 0 Å². The van der Waals surface area contributed by atoms with Gasteiger partial charge >= 0.3 is 0 Å². The van der Waals surface area contributed by atoms with Crippen LogP contribution in [-0.4, -0.2) is 6.29 Å². The van der Waals surface area contributed by atoms with E-state index in [4.69, 9.17) is 0 Å². The van der Waals surface area contributed by atoms with Crippen LogP contribution in [0.25, 0.3) is 0 Å². The van der Waals surface area contributed by atoms with Gasteiger partial charge in [0.1, 0.15) is 6.29 Å². The van der Waals surface area contributed by atoms with E-state index in [2.05, 4.69) is 0 Å². The smallest absolute Gasteiger partial charge is 0.142 e. The highest BCUT2D eigenvalue weighted by Crippen LogP contribution is 1.75. The molecule has 0 aromatic rings. The molecular formula is C8H11O2-. The molecule has 0 N–H and O–H groups in total. The first kappa shape index (κ1) is 11.5. The molecule has 0 aliphatic carbocycles. The molecule has 56 valence electrons. The SMILES string of the molecule is C.O=CC=CC=C/C=C\[O-]. The number of carbonyl (C=O) groups is 1. The summed E-state index contributed by atoms with van der Waals surface area (Å²) in [5.74, 6) is 0. The van der Waals surface area contributed by atoms with Gasteiger partial charge < -0.3 is 5.11 Å². The van der Waals surface area contributed by atoms with E-state index < -0.39 is 0 Å². The zero-order valence-corrected chi connectivity index (χ0v) is 4.86. The molecule has 0 saturated heterocycles. The van der Waals surface area contributed by atoms with Crippen LogP contribution in [0.3, 0.4) is 0 Å². The van der Waals surface area contributed by atoms with Crippen molar-refractivity contribution in [2.75, 3.05) is 0 Å². The number of aldehydes is 1. The zero-order valence-electron chi connectivity index (χ0n) is 4.86. The van der Waals surface area contributed by atoms with E-state index in [9.17, 15) is 9.90 Å². The van der Waals surface area contributed by atoms with Crippen molar-refractivity contribution >= 4 is 6.29 Å². The highest BCUT2D eigenvalue weighted by Gasteiger charge is 1.58. The lowest BCUT2D eigenvalue weighted by molar-refractivity contribution is -0.274. The average molecular weight is 139 g/mol. The van der Waals surface area contributed by atoms with Gasteiger partial charge in [0, 0.05) is 0 Å². The molecule has 0 fully saturated rings. The predicted octanol–water partition coefficient (Wildman–Crippen LogP) is 0.808. The molecule has 10 heavy (non-hydrogen) atoms. The lowest BCUT2D eigenvalue weighted by Crippen LogP contribution is -1.81. The number of hydrogen-bond donors (Lipinski definition) is 0. The van der Waals surface area contributed by atoms with Crippen molar-refractivity contribution in [1.82, 2.24) is 0 Å². The van der Waals surface area contributed by atoms with Gasteiger partial charge in [0.05, 0.1) is 0 Å². The Morgan fingerprint density at radius 3 is 1.90 bits per heavy atom. The predicted molar refractivity (Wildman–Crippen MR) is 40.2 cm³/mol. The molecule has 0 rings (SSSR count). The van der Waals surface area contributed by atoms with E-state index >= 15 is 0 Å². The Hall–Kier alpha value is -1.31. The molecule has 2 heteroatoms. The summed E-state index contributed by atoms with van der Waals surface area (Å²) in [5.41, 5.74) is 0. The topological polar surface area (TPSA) is 40.1 Å². The van der Waals surface area contributed by atoms with E-state index in [1.54, 1.807) is 18.2 Å². The summed E-state index contributed by atoms with van der Waals surface area (Å²) in [7, 11) is 0. The molecule has 0 bridgehead atoms. The van der Waals surface area contributed by atoms with Gasteiger partial charge in [-0.15, -0.1) is 6.26 Å². The van der Waals surface area contributed by atoms with Crippen LogP contribution in [0, 0.1) is 0 Å². The maximum Gasteiger partial charge on any atom is 0.142 e. The quantitative estimate of drug-likeness (QED) is 0.251. The molecule has 0 aliphatic rings. The second kappa shape index (κ2) is 10.6. The van der Waals surface area contributed by atoms with Crippen LogP contribution in [0.2, 0.25) is 0 Å². The van der Waals surface area contributed by atoms with Crippen molar-refractivity contribution in [2.24, 2.45) is 0 Å². The van der Waals surface area contributed by atoms with Crippen molar-refractivity contribution in [3.63, 3.8) is 0 Å². The second-order valence-corrected chi connectivity index (χ2v) is 1.23. The van der Waals surface area contributed by atoms with Crippen LogP contribution in [0.1, 0.15) is 7.43 Å². The zero-order chi connectivity index (χ0) is 6.95. The molecule has 0 unspecified atom stereocenters. The molecule has 0 amide bonds. The second-order valence-electron chi connectivity index (χ2n) is 1.23. The van der Waals surface area contributed by atoms with Crippen LogP contribution in [-0.2, 0) is 4.79 Å². The van der Waals surface area contributed by atoms with E-state index in [1.165, 1.54) is 12.2 Å². The lowest BCUT2D eigenvalue weighted by atomic mass is 10.4. The van der Waals surface area contributed by atoms with Gasteiger partial charge in [-0.2, -0.15) is 0 Å². The maximum atomic E-state index is 9.64. The number of rotatable bonds is 3. The Morgan fingerprint density at radius 2 is 1.40 bits per heavy atom. The lowest BCUT2D eigenvalue weighted by Gasteiger charge is -1.80. The van der Waals surface area contributed by atoms with E-state index in [0.29, 0.717) is 12.5 Å². The van der Waals surface area contributed by atoms with E-state index in [0.717, 1.165) is 0 Å². The molecule has 0 aromatic heterocycles. The van der Waals surface area contributed by atoms with Crippen molar-refractivity contribution in [2.45, 2.75) is 7.43 Å². The van der Waals surface area contributed by atoms with Crippen LogP contribution in [0.15, 0.2) is 36.6 Å². The first-order chi connectivity index (χ1) is 4.41. The minimum atomic E-state index is 0. The van der Waals surface area contributed by atoms with Crippen LogP contribution < -0.4 is 5.11 Å². The average Bonchev–Trinajstić information content (AvgIpc) is 1.89. The van der Waals surface area contributed by atoms with Gasteiger partial charge in [-0.05, 0) is 6.08 Å². The fourth-order valence-electron chi connectivity index (χ4n) is 0.283. The van der Waals surface area contributed by atoms with Crippen LogP contribution >= 0.6 is 0 Å². The molecule has 0 spiro atoms. The summed E-state index contributed by atoms with van der Waals surface area (Å²) in [6, 6.07) is 0. The van der Waals surface area contributed by atoms with E-state index in [1.807, 2.05) is 0 Å². The fraction of sp³-hybridized carbons (Fsp3) is 0.125. The summed E-state index contributed by atoms with van der Waals surface area (Å²) in [6.07, 6.45) is 8.73. The van der Waals surface area contributed by atoms with Gasteiger partial charge in [0.15, 0.2) is 0 Å². The molecule has 0 aliphatic heterocycles. The standard InChI is InChI=1S/C7H8O2.CH4/c8-6-4-2-1-3-5-7-9;/h1-8H;1H4/p-1/b2-1?,5-3?,6-4-;. The molecule has 0 heterocycles. The summed E-state index contributed by atoms with van der Waals surface area (Å²) in [5, 5.41) is 9.64. The molecule has 0 aromatic carbocycles. The Balaban J connectivity index is 0. The Labute approximate surface area is 61.2 Å². The largest absolute Gasteiger partial charge is 0.878 e. The minimum Gasteiger partial charge on any atom is -0.878 e. The highest BCUT2D eigenvalue weighted by molar-refractivity contribution is 5.65. The molecule has 0 saturated carbocycles. The third kappa shape index (κ3) is 9.85. The van der Waals surface area contributed by atoms with E-state index in [-0.39, 0.29) is 7.43 Å². The summed E-state index contributed by atoms with van der Waals surface area (Å²) < 4.78 is 0. The molecule has 0 radical (unpaired) electrons. The number of carbonyl (C=O) groups excluding carboxylic acids is 1. The van der Waals surface area contributed by atoms with Crippen molar-refractivity contribution in [1.29, 1.82) is 0 Å². The van der Waals surface area contributed by atoms with Crippen molar-refractivity contribution in [3.05, 3.63) is 36.6 Å². The summed E-state index contributed by atoms with van der Waals surface area (Å²) >= 11 is 0. The summed E-state index contributed by atoms with van der Waals surface area (Å²) in [6.45, 7) is 0. The summed E-state index contributed by atoms with van der Waals surface area (Å²) in [4.78, 5) is 9.64. The number of hydrogen-bond acceptors (Lipinski definition) is 2. The fourth-order valence-corrected chi connectivity index (χ4v) is 0.283. The Kier molecular flexibility index (Phi) is 12.2. The van der Waals surface area contributed by atoms with Gasteiger partial charge in [-0.3, -0.25) is 4.79 Å². The third-order valence-electron chi connectivity index (χ3n) is 0.602. The first-order valence-electron chi connectivity index (χ1n) is 2.47. The van der Waals surface area contributed by atoms with Gasteiger partial charge in [-0.25, -0.2) is 0 Å². The third-order valence-corrected chi connectivity index (χ3v) is 0.602. The highest BCUT2D eigenvalue weighted by atomic mass is 16.2. The molecule has 0 atom stereocenters. The molecular weight excluding hydrogens is 128 g/mol. The minimum absolute atomic E-state index is 0. The maximum absolute atomic E-state index is 9.64. The van der Waals surface area contributed by atoms with Gasteiger partial charge in [0.25, 0.3) is 0 Å².